The number of amides is 2. The van der Waals surface area contributed by atoms with Gasteiger partial charge in [-0.2, -0.15) is 0 Å². The lowest BCUT2D eigenvalue weighted by atomic mass is 9.99. The number of nitrogens with zero attached hydrogens (tertiary/aromatic N) is 2. The number of rotatable bonds is 4. The van der Waals surface area contributed by atoms with Crippen molar-refractivity contribution < 1.29 is 9.59 Å². The van der Waals surface area contributed by atoms with Crippen LogP contribution in [0.25, 0.3) is 49.7 Å². The molecule has 0 saturated heterocycles. The Morgan fingerprint density at radius 2 is 1.14 bits per heavy atom. The van der Waals surface area contributed by atoms with Crippen LogP contribution in [-0.2, 0) is 0 Å². The Morgan fingerprint density at radius 3 is 1.91 bits per heavy atom. The lowest BCUT2D eigenvalue weighted by Crippen LogP contribution is -2.29. The average molecular weight is 569 g/mol. The Bertz CT molecular complexity index is 2260. The number of hydrogen-bond donors (Lipinski definition) is 0. The van der Waals surface area contributed by atoms with Crippen LogP contribution in [0, 0.1) is 13.8 Å². The van der Waals surface area contributed by atoms with Crippen LogP contribution in [0.15, 0.2) is 133 Å². The van der Waals surface area contributed by atoms with Gasteiger partial charge in [-0.1, -0.05) is 108 Å². The van der Waals surface area contributed by atoms with Crippen molar-refractivity contribution in [3.8, 4) is 27.9 Å². The molecule has 0 fully saturated rings. The van der Waals surface area contributed by atoms with Crippen molar-refractivity contribution in [2.75, 3.05) is 4.90 Å². The molecular weight excluding hydrogens is 540 g/mol. The minimum Gasteiger partial charge on any atom is -0.308 e. The summed E-state index contributed by atoms with van der Waals surface area (Å²) in [6.45, 7) is 4.23. The third-order valence-corrected chi connectivity index (χ3v) is 8.60. The molecular formula is C40H28N2O2. The fraction of sp³-hybridized carbons (Fsp3) is 0.0500. The first-order chi connectivity index (χ1) is 21.5. The molecule has 0 radical (unpaired) electrons. The number of carbonyl (C=O) groups excluding carboxylic acids is 2. The number of carbonyl (C=O) groups is 2. The normalized spacial score (nSPS) is 12.8. The number of para-hydroxylation sites is 1. The van der Waals surface area contributed by atoms with E-state index in [1.165, 1.54) is 16.0 Å². The van der Waals surface area contributed by atoms with Crippen molar-refractivity contribution in [1.29, 1.82) is 0 Å². The third kappa shape index (κ3) is 3.99. The van der Waals surface area contributed by atoms with Gasteiger partial charge in [-0.25, -0.2) is 4.90 Å². The second kappa shape index (κ2) is 9.92. The molecule has 0 unspecified atom stereocenters. The zero-order valence-corrected chi connectivity index (χ0v) is 24.4. The number of fused-ring (bicyclic) bond motifs is 4. The van der Waals surface area contributed by atoms with Gasteiger partial charge in [0.2, 0.25) is 0 Å². The zero-order chi connectivity index (χ0) is 29.9. The summed E-state index contributed by atoms with van der Waals surface area (Å²) in [6.07, 6.45) is 0. The van der Waals surface area contributed by atoms with Crippen molar-refractivity contribution in [3.05, 3.63) is 156 Å². The lowest BCUT2D eigenvalue weighted by Gasteiger charge is -2.15. The third-order valence-electron chi connectivity index (χ3n) is 8.60. The maximum Gasteiger partial charge on any atom is 0.268 e. The number of hydrogen-bond acceptors (Lipinski definition) is 2. The van der Waals surface area contributed by atoms with E-state index in [9.17, 15) is 9.59 Å². The highest BCUT2D eigenvalue weighted by molar-refractivity contribution is 6.35. The topological polar surface area (TPSA) is 42.3 Å². The maximum absolute atomic E-state index is 14.2. The molecule has 4 nitrogen and oxygen atoms in total. The first-order valence-electron chi connectivity index (χ1n) is 14.8. The van der Waals surface area contributed by atoms with Crippen molar-refractivity contribution in [1.82, 2.24) is 4.57 Å². The van der Waals surface area contributed by atoms with E-state index in [1.54, 1.807) is 6.07 Å². The standard InChI is InChI=1S/C40H28N2O2/c1-25-21-26(2)23-30(22-25)29-17-20-33-32-11-6-7-13-35(32)42(37(33)24-29)36-14-8-12-34-38(36)40(44)41(39(34)43)31-18-15-28(16-19-31)27-9-4-3-5-10-27/h3-24H,1-2H3. The summed E-state index contributed by atoms with van der Waals surface area (Å²) >= 11 is 0. The Labute approximate surface area is 255 Å². The van der Waals surface area contributed by atoms with E-state index in [1.807, 2.05) is 78.9 Å². The smallest absolute Gasteiger partial charge is 0.268 e. The number of benzene rings is 6. The molecule has 0 atom stereocenters. The Balaban J connectivity index is 1.29. The maximum atomic E-state index is 14.2. The van der Waals surface area contributed by atoms with E-state index < -0.39 is 0 Å². The van der Waals surface area contributed by atoms with Crippen LogP contribution in [0.4, 0.5) is 5.69 Å². The van der Waals surface area contributed by atoms with Crippen molar-refractivity contribution in [2.24, 2.45) is 0 Å². The van der Waals surface area contributed by atoms with E-state index in [0.717, 1.165) is 44.1 Å². The van der Waals surface area contributed by atoms with Gasteiger partial charge in [-0.3, -0.25) is 9.59 Å². The van der Waals surface area contributed by atoms with Gasteiger partial charge in [0.25, 0.3) is 11.8 Å². The Kier molecular flexibility index (Phi) is 5.85. The van der Waals surface area contributed by atoms with Crippen molar-refractivity contribution >= 4 is 39.3 Å². The average Bonchev–Trinajstić information content (AvgIpc) is 3.51. The molecule has 7 aromatic rings. The molecule has 0 spiro atoms. The molecule has 0 bridgehead atoms. The second-order valence-corrected chi connectivity index (χ2v) is 11.5. The minimum absolute atomic E-state index is 0.309. The minimum atomic E-state index is -0.315. The predicted molar refractivity (Wildman–Crippen MR) is 179 cm³/mol. The molecule has 44 heavy (non-hydrogen) atoms. The summed E-state index contributed by atoms with van der Waals surface area (Å²) in [5, 5.41) is 2.19. The number of aryl methyl sites for hydroxylation is 2. The van der Waals surface area contributed by atoms with Gasteiger partial charge in [-0.15, -0.1) is 0 Å². The van der Waals surface area contributed by atoms with Gasteiger partial charge >= 0.3 is 0 Å². The van der Waals surface area contributed by atoms with Crippen molar-refractivity contribution in [3.63, 3.8) is 0 Å². The van der Waals surface area contributed by atoms with Crippen molar-refractivity contribution in [2.45, 2.75) is 13.8 Å². The molecule has 1 aromatic heterocycles. The highest BCUT2D eigenvalue weighted by Gasteiger charge is 2.39. The predicted octanol–water partition coefficient (Wildman–Crippen LogP) is 9.54. The largest absolute Gasteiger partial charge is 0.308 e. The quantitative estimate of drug-likeness (QED) is 0.198. The van der Waals surface area contributed by atoms with Crippen LogP contribution in [0.1, 0.15) is 31.8 Å². The zero-order valence-electron chi connectivity index (χ0n) is 24.4. The first-order valence-corrected chi connectivity index (χ1v) is 14.8. The summed E-state index contributed by atoms with van der Waals surface area (Å²) in [4.78, 5) is 29.3. The first kappa shape index (κ1) is 25.9. The van der Waals surface area contributed by atoms with Crippen LogP contribution < -0.4 is 4.90 Å². The van der Waals surface area contributed by atoms with E-state index >= 15 is 0 Å². The van der Waals surface area contributed by atoms with E-state index in [0.29, 0.717) is 22.5 Å². The Morgan fingerprint density at radius 1 is 0.477 bits per heavy atom. The number of anilines is 1. The monoisotopic (exact) mass is 568 g/mol. The molecule has 0 N–H and O–H groups in total. The molecule has 0 aliphatic carbocycles. The molecule has 1 aliphatic rings. The van der Waals surface area contributed by atoms with Gasteiger partial charge in [0, 0.05) is 10.8 Å². The summed E-state index contributed by atoms with van der Waals surface area (Å²) in [7, 11) is 0. The molecule has 8 rings (SSSR count). The highest BCUT2D eigenvalue weighted by atomic mass is 16.2. The molecule has 1 aliphatic heterocycles. The molecule has 6 aromatic carbocycles. The van der Waals surface area contributed by atoms with E-state index in [2.05, 4.69) is 66.9 Å². The van der Waals surface area contributed by atoms with Crippen LogP contribution in [0.3, 0.4) is 0 Å². The van der Waals surface area contributed by atoms with E-state index in [4.69, 9.17) is 0 Å². The van der Waals surface area contributed by atoms with Crippen LogP contribution >= 0.6 is 0 Å². The molecule has 210 valence electrons. The van der Waals surface area contributed by atoms with Gasteiger partial charge in [0.15, 0.2) is 0 Å². The van der Waals surface area contributed by atoms with Crippen LogP contribution in [-0.4, -0.2) is 16.4 Å². The van der Waals surface area contributed by atoms with Gasteiger partial charge in [0.1, 0.15) is 0 Å². The highest BCUT2D eigenvalue weighted by Crippen LogP contribution is 2.39. The second-order valence-electron chi connectivity index (χ2n) is 11.5. The summed E-state index contributed by atoms with van der Waals surface area (Å²) in [5.41, 5.74) is 10.8. The SMILES string of the molecule is Cc1cc(C)cc(-c2ccc3c4ccccc4n(-c4cccc5c4C(=O)N(c4ccc(-c6ccccc6)cc4)C5=O)c3c2)c1. The molecule has 0 saturated carbocycles. The summed E-state index contributed by atoms with van der Waals surface area (Å²) in [6, 6.07) is 44.6. The van der Waals surface area contributed by atoms with Crippen LogP contribution in [0.5, 0.6) is 0 Å². The molecule has 4 heteroatoms. The van der Waals surface area contributed by atoms with Gasteiger partial charge in [0.05, 0.1) is 33.5 Å². The van der Waals surface area contributed by atoms with E-state index in [-0.39, 0.29) is 11.8 Å². The number of aromatic nitrogens is 1. The fourth-order valence-electron chi connectivity index (χ4n) is 6.67. The lowest BCUT2D eigenvalue weighted by molar-refractivity contribution is 0.0926. The fourth-order valence-corrected chi connectivity index (χ4v) is 6.67. The Hall–Kier alpha value is -5.74. The van der Waals surface area contributed by atoms with Gasteiger partial charge in [-0.05, 0) is 72.5 Å². The number of imide groups is 1. The van der Waals surface area contributed by atoms with Gasteiger partial charge < -0.3 is 4.57 Å². The molecule has 2 heterocycles. The summed E-state index contributed by atoms with van der Waals surface area (Å²) < 4.78 is 2.14. The van der Waals surface area contributed by atoms with Crippen LogP contribution in [0.2, 0.25) is 0 Å². The molecule has 2 amide bonds. The summed E-state index contributed by atoms with van der Waals surface area (Å²) in [5.74, 6) is -0.625.